The van der Waals surface area contributed by atoms with Crippen molar-refractivity contribution in [2.24, 2.45) is 11.8 Å². The molecule has 0 saturated heterocycles. The molecule has 122 valence electrons. The zero-order valence-electron chi connectivity index (χ0n) is 13.3. The summed E-state index contributed by atoms with van der Waals surface area (Å²) in [5, 5.41) is 0. The molecule has 4 atom stereocenters. The lowest BCUT2D eigenvalue weighted by atomic mass is 9.63. The van der Waals surface area contributed by atoms with Crippen LogP contribution in [0.25, 0.3) is 5.69 Å². The second kappa shape index (κ2) is 4.30. The first-order valence-electron chi connectivity index (χ1n) is 8.56. The SMILES string of the molecule is O=c1n(-c2ccccc2)c(=O)n2n1C1c3ccccc3C2C2C=CC21. The van der Waals surface area contributed by atoms with E-state index >= 15 is 0 Å². The van der Waals surface area contributed by atoms with Crippen LogP contribution in [0, 0.1) is 11.8 Å². The standard InChI is InChI=1S/C20H15N3O2/c24-19-21(12-6-2-1-3-7-12)20(25)23-18-14-9-5-4-8-13(14)17(22(19)23)15-10-11-16(15)18/h1-11,15-18H. The van der Waals surface area contributed by atoms with Crippen molar-refractivity contribution in [3.63, 3.8) is 0 Å². The molecule has 0 radical (unpaired) electrons. The van der Waals surface area contributed by atoms with Crippen molar-refractivity contribution in [1.29, 1.82) is 0 Å². The molecule has 0 spiro atoms. The molecule has 2 bridgehead atoms. The maximum Gasteiger partial charge on any atom is 0.352 e. The number of aromatic nitrogens is 3. The zero-order chi connectivity index (χ0) is 16.7. The van der Waals surface area contributed by atoms with Crippen LogP contribution in [-0.4, -0.2) is 13.9 Å². The smallest absolute Gasteiger partial charge is 0.245 e. The molecule has 3 heterocycles. The van der Waals surface area contributed by atoms with Crippen molar-refractivity contribution >= 4 is 0 Å². The summed E-state index contributed by atoms with van der Waals surface area (Å²) >= 11 is 0. The maximum atomic E-state index is 13.2. The summed E-state index contributed by atoms with van der Waals surface area (Å²) in [6.07, 6.45) is 4.36. The highest BCUT2D eigenvalue weighted by molar-refractivity contribution is 5.45. The molecule has 5 heteroatoms. The van der Waals surface area contributed by atoms with Crippen LogP contribution in [0.3, 0.4) is 0 Å². The fourth-order valence-corrected chi connectivity index (χ4v) is 4.83. The van der Waals surface area contributed by atoms with Gasteiger partial charge in [0.25, 0.3) is 0 Å². The maximum absolute atomic E-state index is 13.2. The first-order chi connectivity index (χ1) is 12.3. The molecule has 2 aliphatic carbocycles. The van der Waals surface area contributed by atoms with Gasteiger partial charge in [0, 0.05) is 11.8 Å². The van der Waals surface area contributed by atoms with Gasteiger partial charge in [-0.15, -0.1) is 0 Å². The molecule has 0 N–H and O–H groups in total. The number of para-hydroxylation sites is 1. The predicted molar refractivity (Wildman–Crippen MR) is 93.1 cm³/mol. The average Bonchev–Trinajstić information content (AvgIpc) is 2.88. The summed E-state index contributed by atoms with van der Waals surface area (Å²) < 4.78 is 4.68. The van der Waals surface area contributed by atoms with Crippen molar-refractivity contribution in [2.45, 2.75) is 12.1 Å². The molecule has 0 amide bonds. The van der Waals surface area contributed by atoms with Crippen LogP contribution in [0.5, 0.6) is 0 Å². The number of hydrogen-bond acceptors (Lipinski definition) is 2. The number of rotatable bonds is 1. The van der Waals surface area contributed by atoms with Gasteiger partial charge in [0.1, 0.15) is 0 Å². The molecule has 2 aliphatic heterocycles. The fraction of sp³-hybridized carbons (Fsp3) is 0.200. The third-order valence-electron chi connectivity index (χ3n) is 5.91. The Balaban J connectivity index is 1.71. The van der Waals surface area contributed by atoms with Crippen molar-refractivity contribution in [3.8, 4) is 5.69 Å². The summed E-state index contributed by atoms with van der Waals surface area (Å²) in [5.74, 6) is 0.590. The number of hydrogen-bond donors (Lipinski definition) is 0. The molecule has 0 saturated carbocycles. The summed E-state index contributed by atoms with van der Waals surface area (Å²) in [4.78, 5) is 26.4. The Morgan fingerprint density at radius 2 is 1.12 bits per heavy atom. The number of nitrogens with zero attached hydrogens (tertiary/aromatic N) is 3. The van der Waals surface area contributed by atoms with Gasteiger partial charge in [0.2, 0.25) is 0 Å². The van der Waals surface area contributed by atoms with Gasteiger partial charge in [-0.3, -0.25) is 0 Å². The van der Waals surface area contributed by atoms with Gasteiger partial charge in [0.15, 0.2) is 0 Å². The second-order valence-corrected chi connectivity index (χ2v) is 6.98. The number of benzene rings is 2. The van der Waals surface area contributed by atoms with E-state index in [-0.39, 0.29) is 23.5 Å². The largest absolute Gasteiger partial charge is 0.352 e. The average molecular weight is 329 g/mol. The van der Waals surface area contributed by atoms with Crippen molar-refractivity contribution in [3.05, 3.63) is 98.8 Å². The van der Waals surface area contributed by atoms with Crippen molar-refractivity contribution in [2.75, 3.05) is 0 Å². The van der Waals surface area contributed by atoms with E-state index in [4.69, 9.17) is 0 Å². The first kappa shape index (κ1) is 13.2. The van der Waals surface area contributed by atoms with Crippen molar-refractivity contribution < 1.29 is 0 Å². The van der Waals surface area contributed by atoms with Crippen LogP contribution in [0.2, 0.25) is 0 Å². The lowest BCUT2D eigenvalue weighted by molar-refractivity contribution is 0.122. The lowest BCUT2D eigenvalue weighted by Gasteiger charge is -2.51. The Morgan fingerprint density at radius 1 is 0.640 bits per heavy atom. The highest BCUT2D eigenvalue weighted by Gasteiger charge is 2.53. The molecule has 2 aromatic carbocycles. The highest BCUT2D eigenvalue weighted by atomic mass is 16.2. The molecular formula is C20H15N3O2. The predicted octanol–water partition coefficient (Wildman–Crippen LogP) is 2.11. The van der Waals surface area contributed by atoms with Crippen LogP contribution in [0.1, 0.15) is 23.2 Å². The minimum absolute atomic E-state index is 0.0960. The monoisotopic (exact) mass is 329 g/mol. The van der Waals surface area contributed by atoms with Gasteiger partial charge in [-0.1, -0.05) is 54.6 Å². The summed E-state index contributed by atoms with van der Waals surface area (Å²) in [6, 6.07) is 17.2. The van der Waals surface area contributed by atoms with Crippen molar-refractivity contribution in [1.82, 2.24) is 13.9 Å². The van der Waals surface area contributed by atoms with E-state index in [1.807, 2.05) is 30.3 Å². The Labute approximate surface area is 143 Å². The molecule has 1 aromatic heterocycles. The zero-order valence-corrected chi connectivity index (χ0v) is 13.3. The molecule has 5 nitrogen and oxygen atoms in total. The minimum atomic E-state index is -0.251. The van der Waals surface area contributed by atoms with E-state index in [9.17, 15) is 9.59 Å². The van der Waals surface area contributed by atoms with Gasteiger partial charge >= 0.3 is 11.4 Å². The van der Waals surface area contributed by atoms with Crippen LogP contribution >= 0.6 is 0 Å². The highest BCUT2D eigenvalue weighted by Crippen LogP contribution is 2.55. The lowest BCUT2D eigenvalue weighted by Crippen LogP contribution is -2.53. The molecule has 4 unspecified atom stereocenters. The van der Waals surface area contributed by atoms with E-state index < -0.39 is 0 Å². The third-order valence-corrected chi connectivity index (χ3v) is 5.91. The third kappa shape index (κ3) is 1.41. The van der Waals surface area contributed by atoms with Crippen LogP contribution in [0.15, 0.2) is 76.3 Å². The van der Waals surface area contributed by atoms with Crippen LogP contribution in [-0.2, 0) is 0 Å². The van der Waals surface area contributed by atoms with E-state index in [0.29, 0.717) is 17.5 Å². The molecule has 3 aromatic rings. The van der Waals surface area contributed by atoms with Gasteiger partial charge in [-0.2, -0.15) is 0 Å². The fourth-order valence-electron chi connectivity index (χ4n) is 4.83. The van der Waals surface area contributed by atoms with E-state index in [2.05, 4.69) is 24.3 Å². The molecule has 25 heavy (non-hydrogen) atoms. The van der Waals surface area contributed by atoms with Gasteiger partial charge in [-0.05, 0) is 23.3 Å². The van der Waals surface area contributed by atoms with Gasteiger partial charge in [-0.25, -0.2) is 23.5 Å². The molecule has 0 fully saturated rings. The summed E-state index contributed by atoms with van der Waals surface area (Å²) in [5.41, 5.74) is 2.46. The molecule has 4 aliphatic rings. The normalized spacial score (nSPS) is 27.4. The Kier molecular flexibility index (Phi) is 2.28. The quantitative estimate of drug-likeness (QED) is 0.642. The van der Waals surface area contributed by atoms with E-state index in [0.717, 1.165) is 0 Å². The van der Waals surface area contributed by atoms with Gasteiger partial charge < -0.3 is 0 Å². The Hall–Kier alpha value is -3.08. The topological polar surface area (TPSA) is 48.9 Å². The second-order valence-electron chi connectivity index (χ2n) is 6.98. The Bertz CT molecular complexity index is 1100. The van der Waals surface area contributed by atoms with E-state index in [1.165, 1.54) is 15.7 Å². The summed E-state index contributed by atoms with van der Waals surface area (Å²) in [7, 11) is 0. The molecular weight excluding hydrogens is 314 g/mol. The van der Waals surface area contributed by atoms with Gasteiger partial charge in [0.05, 0.1) is 17.8 Å². The van der Waals surface area contributed by atoms with E-state index in [1.54, 1.807) is 21.5 Å². The van der Waals surface area contributed by atoms with Crippen LogP contribution < -0.4 is 11.4 Å². The van der Waals surface area contributed by atoms with Crippen LogP contribution in [0.4, 0.5) is 0 Å². The number of allylic oxidation sites excluding steroid dienone is 2. The first-order valence-corrected chi connectivity index (χ1v) is 8.56. The molecule has 7 rings (SSSR count). The minimum Gasteiger partial charge on any atom is -0.245 e. The Morgan fingerprint density at radius 3 is 1.60 bits per heavy atom. The summed E-state index contributed by atoms with van der Waals surface area (Å²) in [6.45, 7) is 0.